The molecule has 2 amide bonds. The SMILES string of the molecule is COc1cccc(C(=O)Nc2ccc3nc(S[C@H](C)C(=O)Nc4nccs4)sc3c2)c1. The molecule has 0 spiro atoms. The molecular formula is C21H18N4O3S3. The van der Waals surface area contributed by atoms with E-state index in [9.17, 15) is 9.59 Å². The highest BCUT2D eigenvalue weighted by atomic mass is 32.2. The van der Waals surface area contributed by atoms with Gasteiger partial charge in [0.05, 0.1) is 22.6 Å². The molecule has 31 heavy (non-hydrogen) atoms. The van der Waals surface area contributed by atoms with Gasteiger partial charge in [0.1, 0.15) is 5.75 Å². The zero-order chi connectivity index (χ0) is 21.8. The van der Waals surface area contributed by atoms with E-state index in [4.69, 9.17) is 4.74 Å². The Balaban J connectivity index is 1.44. The molecule has 0 aliphatic carbocycles. The summed E-state index contributed by atoms with van der Waals surface area (Å²) in [7, 11) is 1.56. The highest BCUT2D eigenvalue weighted by Crippen LogP contribution is 2.34. The Bertz CT molecular complexity index is 1220. The van der Waals surface area contributed by atoms with Crippen LogP contribution in [0.5, 0.6) is 5.75 Å². The van der Waals surface area contributed by atoms with Gasteiger partial charge in [-0.2, -0.15) is 0 Å². The zero-order valence-electron chi connectivity index (χ0n) is 16.6. The molecule has 2 N–H and O–H groups in total. The average molecular weight is 471 g/mol. The monoisotopic (exact) mass is 470 g/mol. The van der Waals surface area contributed by atoms with Crippen LogP contribution in [-0.4, -0.2) is 34.1 Å². The molecule has 0 saturated carbocycles. The molecule has 0 aliphatic rings. The number of thioether (sulfide) groups is 1. The number of methoxy groups -OCH3 is 1. The number of thiazole rings is 2. The second-order valence-electron chi connectivity index (χ2n) is 6.43. The number of ether oxygens (including phenoxy) is 1. The molecule has 4 aromatic rings. The first-order valence-corrected chi connectivity index (χ1v) is 11.8. The third-order valence-electron chi connectivity index (χ3n) is 4.27. The van der Waals surface area contributed by atoms with Gasteiger partial charge in [0.15, 0.2) is 9.47 Å². The molecule has 0 saturated heterocycles. The summed E-state index contributed by atoms with van der Waals surface area (Å²) in [5, 5.41) is 7.77. The maximum atomic E-state index is 12.5. The standard InChI is InChI=1S/C21H18N4O3S3/c1-12(18(26)25-20-22-8-9-29-20)30-21-24-16-7-6-14(11-17(16)31-21)23-19(27)13-4-3-5-15(10-13)28-2/h3-12H,1-2H3,(H,23,27)(H,22,25,26)/t12-/m1/s1. The summed E-state index contributed by atoms with van der Waals surface area (Å²) in [6.07, 6.45) is 1.65. The van der Waals surface area contributed by atoms with E-state index < -0.39 is 0 Å². The Hall–Kier alpha value is -2.95. The van der Waals surface area contributed by atoms with Gasteiger partial charge in [-0.25, -0.2) is 9.97 Å². The lowest BCUT2D eigenvalue weighted by molar-refractivity contribution is -0.115. The lowest BCUT2D eigenvalue weighted by Gasteiger charge is -2.07. The number of nitrogens with one attached hydrogen (secondary N) is 2. The predicted octanol–water partition coefficient (Wildman–Crippen LogP) is 5.13. The second kappa shape index (κ2) is 9.46. The Morgan fingerprint density at radius 2 is 2.03 bits per heavy atom. The van der Waals surface area contributed by atoms with E-state index >= 15 is 0 Å². The Morgan fingerprint density at radius 3 is 2.81 bits per heavy atom. The summed E-state index contributed by atoms with van der Waals surface area (Å²) in [4.78, 5) is 33.5. The molecule has 2 aromatic heterocycles. The number of nitrogens with zero attached hydrogens (tertiary/aromatic N) is 2. The van der Waals surface area contributed by atoms with Crippen LogP contribution in [0.25, 0.3) is 10.2 Å². The maximum absolute atomic E-state index is 12.5. The molecule has 158 valence electrons. The number of carbonyl (C=O) groups excluding carboxylic acids is 2. The fraction of sp³-hybridized carbons (Fsp3) is 0.143. The van der Waals surface area contributed by atoms with E-state index in [0.29, 0.717) is 22.1 Å². The van der Waals surface area contributed by atoms with Crippen molar-refractivity contribution in [3.8, 4) is 5.75 Å². The Morgan fingerprint density at radius 1 is 1.16 bits per heavy atom. The highest BCUT2D eigenvalue weighted by molar-refractivity contribution is 8.02. The third kappa shape index (κ3) is 5.22. The van der Waals surface area contributed by atoms with Gasteiger partial charge < -0.3 is 15.4 Å². The van der Waals surface area contributed by atoms with Crippen molar-refractivity contribution in [1.29, 1.82) is 0 Å². The molecule has 7 nitrogen and oxygen atoms in total. The van der Waals surface area contributed by atoms with Gasteiger partial charge >= 0.3 is 0 Å². The molecule has 2 aromatic carbocycles. The number of carbonyl (C=O) groups is 2. The minimum atomic E-state index is -0.323. The van der Waals surface area contributed by atoms with E-state index in [1.807, 2.05) is 30.5 Å². The fourth-order valence-corrected chi connectivity index (χ4v) is 5.48. The van der Waals surface area contributed by atoms with Gasteiger partial charge in [-0.3, -0.25) is 9.59 Å². The quantitative estimate of drug-likeness (QED) is 0.364. The smallest absolute Gasteiger partial charge is 0.255 e. The molecule has 4 rings (SSSR count). The maximum Gasteiger partial charge on any atom is 0.255 e. The van der Waals surface area contributed by atoms with Crippen molar-refractivity contribution in [3.05, 3.63) is 59.6 Å². The van der Waals surface area contributed by atoms with Crippen LogP contribution in [0, 0.1) is 0 Å². The molecule has 10 heteroatoms. The number of anilines is 2. The molecule has 2 heterocycles. The Kier molecular flexibility index (Phi) is 6.50. The van der Waals surface area contributed by atoms with Crippen molar-refractivity contribution < 1.29 is 14.3 Å². The van der Waals surface area contributed by atoms with Crippen LogP contribution in [0.15, 0.2) is 58.4 Å². The number of fused-ring (bicyclic) bond motifs is 1. The number of rotatable bonds is 7. The first-order chi connectivity index (χ1) is 15.0. The van der Waals surface area contributed by atoms with E-state index in [-0.39, 0.29) is 17.1 Å². The number of hydrogen-bond donors (Lipinski definition) is 2. The van der Waals surface area contributed by atoms with Gasteiger partial charge in [0.25, 0.3) is 5.91 Å². The van der Waals surface area contributed by atoms with Gasteiger partial charge in [0.2, 0.25) is 5.91 Å². The van der Waals surface area contributed by atoms with Crippen LogP contribution in [0.4, 0.5) is 10.8 Å². The number of amides is 2. The molecule has 0 aliphatic heterocycles. The largest absolute Gasteiger partial charge is 0.497 e. The zero-order valence-corrected chi connectivity index (χ0v) is 19.1. The van der Waals surface area contributed by atoms with Gasteiger partial charge in [-0.1, -0.05) is 17.8 Å². The van der Waals surface area contributed by atoms with Crippen molar-refractivity contribution in [3.63, 3.8) is 0 Å². The van der Waals surface area contributed by atoms with E-state index in [1.54, 1.807) is 37.6 Å². The van der Waals surface area contributed by atoms with Crippen LogP contribution in [0.3, 0.4) is 0 Å². The van der Waals surface area contributed by atoms with Gasteiger partial charge in [-0.05, 0) is 43.3 Å². The van der Waals surface area contributed by atoms with Crippen LogP contribution >= 0.6 is 34.4 Å². The lowest BCUT2D eigenvalue weighted by atomic mass is 10.2. The van der Waals surface area contributed by atoms with Crippen LogP contribution in [-0.2, 0) is 4.79 Å². The van der Waals surface area contributed by atoms with Crippen LogP contribution in [0.2, 0.25) is 0 Å². The first kappa shape index (κ1) is 21.3. The minimum absolute atomic E-state index is 0.120. The predicted molar refractivity (Wildman–Crippen MR) is 127 cm³/mol. The van der Waals surface area contributed by atoms with E-state index in [0.717, 1.165) is 14.6 Å². The molecule has 0 fully saturated rings. The number of benzene rings is 2. The summed E-state index contributed by atoms with van der Waals surface area (Å²) in [5.41, 5.74) is 2.01. The summed E-state index contributed by atoms with van der Waals surface area (Å²) < 4.78 is 6.89. The van der Waals surface area contributed by atoms with E-state index in [2.05, 4.69) is 20.6 Å². The van der Waals surface area contributed by atoms with Crippen molar-refractivity contribution in [2.45, 2.75) is 16.5 Å². The molecule has 0 unspecified atom stereocenters. The number of hydrogen-bond acceptors (Lipinski definition) is 8. The molecule has 0 radical (unpaired) electrons. The summed E-state index contributed by atoms with van der Waals surface area (Å²) in [5.74, 6) is 0.288. The summed E-state index contributed by atoms with van der Waals surface area (Å²) in [6.45, 7) is 1.83. The van der Waals surface area contributed by atoms with E-state index in [1.165, 1.54) is 34.4 Å². The minimum Gasteiger partial charge on any atom is -0.497 e. The topological polar surface area (TPSA) is 93.2 Å². The first-order valence-electron chi connectivity index (χ1n) is 9.25. The van der Waals surface area contributed by atoms with Gasteiger partial charge in [0, 0.05) is 22.8 Å². The summed E-state index contributed by atoms with van der Waals surface area (Å²) in [6, 6.07) is 12.5. The summed E-state index contributed by atoms with van der Waals surface area (Å²) >= 11 is 4.25. The molecular weight excluding hydrogens is 452 g/mol. The van der Waals surface area contributed by atoms with Crippen LogP contribution in [0.1, 0.15) is 17.3 Å². The fourth-order valence-electron chi connectivity index (χ4n) is 2.70. The number of aromatic nitrogens is 2. The van der Waals surface area contributed by atoms with Crippen molar-refractivity contribution in [2.75, 3.05) is 17.7 Å². The van der Waals surface area contributed by atoms with Crippen molar-refractivity contribution in [2.24, 2.45) is 0 Å². The second-order valence-corrected chi connectivity index (χ2v) is 9.95. The Labute approximate surface area is 190 Å². The molecule has 1 atom stereocenters. The highest BCUT2D eigenvalue weighted by Gasteiger charge is 2.18. The van der Waals surface area contributed by atoms with Gasteiger partial charge in [-0.15, -0.1) is 22.7 Å². The van der Waals surface area contributed by atoms with Crippen LogP contribution < -0.4 is 15.4 Å². The third-order valence-corrected chi connectivity index (χ3v) is 7.17. The average Bonchev–Trinajstić information content (AvgIpc) is 3.42. The van der Waals surface area contributed by atoms with Crippen molar-refractivity contribution >= 4 is 67.3 Å². The normalized spacial score (nSPS) is 11.8. The molecule has 0 bridgehead atoms. The van der Waals surface area contributed by atoms with Crippen molar-refractivity contribution in [1.82, 2.24) is 9.97 Å². The lowest BCUT2D eigenvalue weighted by Crippen LogP contribution is -2.22.